The van der Waals surface area contributed by atoms with E-state index in [-0.39, 0.29) is 31.8 Å². The molecule has 0 bridgehead atoms. The molecule has 9 heteroatoms. The van der Waals surface area contributed by atoms with Gasteiger partial charge in [-0.1, -0.05) is 5.21 Å². The number of aromatic nitrogens is 3. The topological polar surface area (TPSA) is 71.2 Å². The Kier molecular flexibility index (Phi) is 4.20. The number of halogens is 3. The lowest BCUT2D eigenvalue weighted by Crippen LogP contribution is -2.45. The maximum absolute atomic E-state index is 12.6. The second kappa shape index (κ2) is 6.04. The van der Waals surface area contributed by atoms with Crippen LogP contribution in [0.1, 0.15) is 23.2 Å². The van der Waals surface area contributed by atoms with Gasteiger partial charge in [-0.3, -0.25) is 4.79 Å². The van der Waals surface area contributed by atoms with Gasteiger partial charge in [0.15, 0.2) is 6.10 Å². The summed E-state index contributed by atoms with van der Waals surface area (Å²) in [4.78, 5) is 14.0. The number of aliphatic hydroxyl groups excluding tert-OH is 1. The normalized spacial score (nSPS) is 18.1. The van der Waals surface area contributed by atoms with Crippen molar-refractivity contribution in [1.29, 1.82) is 0 Å². The van der Waals surface area contributed by atoms with Gasteiger partial charge in [0.25, 0.3) is 5.91 Å². The summed E-state index contributed by atoms with van der Waals surface area (Å²) in [6, 6.07) is 5.02. The van der Waals surface area contributed by atoms with Crippen molar-refractivity contribution < 1.29 is 23.1 Å². The highest BCUT2D eigenvalue weighted by Gasteiger charge is 2.44. The third-order valence-electron chi connectivity index (χ3n) is 4.47. The van der Waals surface area contributed by atoms with Crippen molar-refractivity contribution in [2.75, 3.05) is 13.1 Å². The molecule has 2 aromatic rings. The van der Waals surface area contributed by atoms with Gasteiger partial charge in [0, 0.05) is 25.7 Å². The summed E-state index contributed by atoms with van der Waals surface area (Å²) < 4.78 is 39.3. The van der Waals surface area contributed by atoms with Crippen LogP contribution in [0.4, 0.5) is 13.2 Å². The number of rotatable bonds is 2. The SMILES string of the molecule is Cn1nnc2cc(C(=O)N3CCC(C(O)C(F)(F)F)CC3)ccc21. The van der Waals surface area contributed by atoms with Crippen molar-refractivity contribution in [2.24, 2.45) is 13.0 Å². The number of likely N-dealkylation sites (tertiary alicyclic amines) is 1. The summed E-state index contributed by atoms with van der Waals surface area (Å²) in [5.41, 5.74) is 1.81. The molecule has 0 aliphatic carbocycles. The van der Waals surface area contributed by atoms with Crippen LogP contribution in [0.3, 0.4) is 0 Å². The van der Waals surface area contributed by atoms with E-state index in [1.165, 1.54) is 4.90 Å². The first-order valence-corrected chi connectivity index (χ1v) is 7.61. The van der Waals surface area contributed by atoms with Crippen LogP contribution in [0.5, 0.6) is 0 Å². The molecule has 1 unspecified atom stereocenters. The molecular weight excluding hydrogens is 325 g/mol. The molecular formula is C15H17F3N4O2. The van der Waals surface area contributed by atoms with Crippen LogP contribution in [0.15, 0.2) is 18.2 Å². The minimum Gasteiger partial charge on any atom is -0.383 e. The Balaban J connectivity index is 1.68. The molecule has 0 spiro atoms. The summed E-state index contributed by atoms with van der Waals surface area (Å²) in [6.45, 7) is 0.379. The first-order valence-electron chi connectivity index (χ1n) is 7.61. The van der Waals surface area contributed by atoms with Gasteiger partial charge in [-0.15, -0.1) is 5.10 Å². The molecule has 1 saturated heterocycles. The maximum atomic E-state index is 12.6. The molecule has 3 rings (SSSR count). The Morgan fingerprint density at radius 2 is 2.00 bits per heavy atom. The van der Waals surface area contributed by atoms with Crippen molar-refractivity contribution in [3.8, 4) is 0 Å². The number of aryl methyl sites for hydroxylation is 1. The number of nitrogens with zero attached hydrogens (tertiary/aromatic N) is 4. The number of fused-ring (bicyclic) bond motifs is 1. The van der Waals surface area contributed by atoms with Gasteiger partial charge in [0.1, 0.15) is 5.52 Å². The molecule has 0 saturated carbocycles. The molecule has 24 heavy (non-hydrogen) atoms. The lowest BCUT2D eigenvalue weighted by molar-refractivity contribution is -0.222. The van der Waals surface area contributed by atoms with E-state index in [1.807, 2.05) is 0 Å². The van der Waals surface area contributed by atoms with Crippen LogP contribution in [-0.4, -0.2) is 56.3 Å². The molecule has 6 nitrogen and oxygen atoms in total. The quantitative estimate of drug-likeness (QED) is 0.903. The molecule has 1 aliphatic rings. The molecule has 2 heterocycles. The molecule has 0 radical (unpaired) electrons. The minimum atomic E-state index is -4.62. The third-order valence-corrected chi connectivity index (χ3v) is 4.47. The summed E-state index contributed by atoms with van der Waals surface area (Å²) in [5.74, 6) is -1.11. The van der Waals surface area contributed by atoms with Gasteiger partial charge < -0.3 is 10.0 Å². The Morgan fingerprint density at radius 3 is 2.62 bits per heavy atom. The average Bonchev–Trinajstić information content (AvgIpc) is 2.93. The van der Waals surface area contributed by atoms with Crippen LogP contribution in [0.25, 0.3) is 11.0 Å². The minimum absolute atomic E-state index is 0.125. The van der Waals surface area contributed by atoms with E-state index in [2.05, 4.69) is 10.3 Å². The van der Waals surface area contributed by atoms with Crippen LogP contribution >= 0.6 is 0 Å². The third kappa shape index (κ3) is 3.08. The Labute approximate surface area is 135 Å². The molecule has 1 aromatic carbocycles. The largest absolute Gasteiger partial charge is 0.414 e. The lowest BCUT2D eigenvalue weighted by Gasteiger charge is -2.34. The van der Waals surface area contributed by atoms with Crippen molar-refractivity contribution in [3.63, 3.8) is 0 Å². The monoisotopic (exact) mass is 342 g/mol. The molecule has 1 atom stereocenters. The number of hydrogen-bond donors (Lipinski definition) is 1. The zero-order chi connectivity index (χ0) is 17.5. The van der Waals surface area contributed by atoms with Crippen LogP contribution in [0.2, 0.25) is 0 Å². The number of carbonyl (C=O) groups is 1. The Morgan fingerprint density at radius 1 is 1.33 bits per heavy atom. The standard InChI is InChI=1S/C15H17F3N4O2/c1-21-12-3-2-10(8-11(12)19-20-21)14(24)22-6-4-9(5-7-22)13(23)15(16,17)18/h2-3,8-9,13,23H,4-7H2,1H3. The van der Waals surface area contributed by atoms with Crippen molar-refractivity contribution >= 4 is 16.9 Å². The molecule has 1 fully saturated rings. The number of amides is 1. The van der Waals surface area contributed by atoms with Gasteiger partial charge in [-0.05, 0) is 37.0 Å². The molecule has 1 aliphatic heterocycles. The lowest BCUT2D eigenvalue weighted by atomic mass is 9.90. The number of benzene rings is 1. The van der Waals surface area contributed by atoms with E-state index in [0.29, 0.717) is 11.1 Å². The first-order chi connectivity index (χ1) is 11.3. The fraction of sp³-hybridized carbons (Fsp3) is 0.533. The second-order valence-corrected chi connectivity index (χ2v) is 6.03. The first kappa shape index (κ1) is 16.7. The summed E-state index contributed by atoms with van der Waals surface area (Å²) in [6.07, 6.45) is -6.70. The number of piperidine rings is 1. The van der Waals surface area contributed by atoms with E-state index >= 15 is 0 Å². The van der Waals surface area contributed by atoms with Crippen molar-refractivity contribution in [1.82, 2.24) is 19.9 Å². The zero-order valence-corrected chi connectivity index (χ0v) is 13.0. The molecule has 130 valence electrons. The molecule has 1 aromatic heterocycles. The second-order valence-electron chi connectivity index (χ2n) is 6.03. The highest BCUT2D eigenvalue weighted by molar-refractivity contribution is 5.97. The Bertz CT molecular complexity index is 751. The highest BCUT2D eigenvalue weighted by Crippen LogP contribution is 2.32. The summed E-state index contributed by atoms with van der Waals surface area (Å²) >= 11 is 0. The number of alkyl halides is 3. The smallest absolute Gasteiger partial charge is 0.383 e. The van der Waals surface area contributed by atoms with Crippen LogP contribution in [0, 0.1) is 5.92 Å². The fourth-order valence-corrected chi connectivity index (χ4v) is 3.04. The number of aliphatic hydroxyl groups is 1. The number of carbonyl (C=O) groups excluding carboxylic acids is 1. The van der Waals surface area contributed by atoms with Gasteiger partial charge in [-0.2, -0.15) is 13.2 Å². The molecule has 1 N–H and O–H groups in total. The zero-order valence-electron chi connectivity index (χ0n) is 13.0. The van der Waals surface area contributed by atoms with Crippen molar-refractivity contribution in [2.45, 2.75) is 25.1 Å². The fourth-order valence-electron chi connectivity index (χ4n) is 3.04. The van der Waals surface area contributed by atoms with Gasteiger partial charge in [0.05, 0.1) is 5.52 Å². The average molecular weight is 342 g/mol. The van der Waals surface area contributed by atoms with Gasteiger partial charge in [-0.25, -0.2) is 4.68 Å². The predicted octanol–water partition coefficient (Wildman–Crippen LogP) is 1.74. The van der Waals surface area contributed by atoms with E-state index in [0.717, 1.165) is 5.52 Å². The van der Waals surface area contributed by atoms with Gasteiger partial charge in [0.2, 0.25) is 0 Å². The van der Waals surface area contributed by atoms with Crippen molar-refractivity contribution in [3.05, 3.63) is 23.8 Å². The van der Waals surface area contributed by atoms with Crippen LogP contribution in [-0.2, 0) is 7.05 Å². The predicted molar refractivity (Wildman–Crippen MR) is 79.2 cm³/mol. The van der Waals surface area contributed by atoms with E-state index < -0.39 is 18.2 Å². The highest BCUT2D eigenvalue weighted by atomic mass is 19.4. The van der Waals surface area contributed by atoms with E-state index in [9.17, 15) is 23.1 Å². The van der Waals surface area contributed by atoms with Gasteiger partial charge >= 0.3 is 6.18 Å². The maximum Gasteiger partial charge on any atom is 0.414 e. The molecule has 1 amide bonds. The van der Waals surface area contributed by atoms with E-state index in [4.69, 9.17) is 0 Å². The summed E-state index contributed by atoms with van der Waals surface area (Å²) in [5, 5.41) is 17.1. The van der Waals surface area contributed by atoms with Crippen LogP contribution < -0.4 is 0 Å². The van der Waals surface area contributed by atoms with E-state index in [1.54, 1.807) is 29.9 Å². The summed E-state index contributed by atoms with van der Waals surface area (Å²) in [7, 11) is 1.74. The number of hydrogen-bond acceptors (Lipinski definition) is 4. The Hall–Kier alpha value is -2.16.